The van der Waals surface area contributed by atoms with Crippen molar-refractivity contribution in [1.82, 2.24) is 0 Å². The molecule has 0 fully saturated rings. The highest BCUT2D eigenvalue weighted by molar-refractivity contribution is 5.81. The molecule has 15 heavy (non-hydrogen) atoms. The molecule has 2 nitrogen and oxygen atoms in total. The van der Waals surface area contributed by atoms with E-state index in [0.717, 1.165) is 5.75 Å². The van der Waals surface area contributed by atoms with Gasteiger partial charge < -0.3 is 4.74 Å². The van der Waals surface area contributed by atoms with Gasteiger partial charge in [-0.3, -0.25) is 0 Å². The predicted octanol–water partition coefficient (Wildman–Crippen LogP) is 2.57. The lowest BCUT2D eigenvalue weighted by Crippen LogP contribution is -2.38. The zero-order valence-electron chi connectivity index (χ0n) is 9.87. The second-order valence-electron chi connectivity index (χ2n) is 5.04. The van der Waals surface area contributed by atoms with Crippen LogP contribution in [-0.2, 0) is 0 Å². The maximum atomic E-state index is 5.79. The maximum Gasteiger partial charge on any atom is 0.287 e. The zero-order chi connectivity index (χ0) is 11.1. The Kier molecular flexibility index (Phi) is 2.29. The lowest BCUT2D eigenvalue weighted by molar-refractivity contribution is -0.619. The molecule has 0 atom stereocenters. The number of para-hydroxylation sites is 1. The number of hydrogen-bond donors (Lipinski definition) is 0. The number of rotatable bonds is 0. The minimum Gasteiger partial charge on any atom is -0.435 e. The van der Waals surface area contributed by atoms with Gasteiger partial charge >= 0.3 is 0 Å². The van der Waals surface area contributed by atoms with Crippen LogP contribution in [0.3, 0.4) is 0 Å². The van der Waals surface area contributed by atoms with Gasteiger partial charge in [0.15, 0.2) is 11.8 Å². The van der Waals surface area contributed by atoms with E-state index in [1.807, 2.05) is 0 Å². The van der Waals surface area contributed by atoms with Gasteiger partial charge in [-0.1, -0.05) is 12.1 Å². The Hall–Kier alpha value is -1.31. The fraction of sp³-hybridized carbons (Fsp3) is 0.462. The van der Waals surface area contributed by atoms with E-state index in [2.05, 4.69) is 56.7 Å². The molecular formula is C13H18NO+. The van der Waals surface area contributed by atoms with Crippen molar-refractivity contribution < 1.29 is 9.31 Å². The molecule has 0 radical (unpaired) electrons. The molecule has 1 aliphatic rings. The van der Waals surface area contributed by atoms with E-state index in [1.165, 1.54) is 11.1 Å². The predicted molar refractivity (Wildman–Crippen MR) is 61.9 cm³/mol. The van der Waals surface area contributed by atoms with Gasteiger partial charge in [0.25, 0.3) is 6.73 Å². The Morgan fingerprint density at radius 3 is 2.67 bits per heavy atom. The highest BCUT2D eigenvalue weighted by Crippen LogP contribution is 2.25. The smallest absolute Gasteiger partial charge is 0.287 e. The highest BCUT2D eigenvalue weighted by Gasteiger charge is 2.28. The number of aryl methyl sites for hydroxylation is 1. The number of hydrogen-bond acceptors (Lipinski definition) is 1. The molecular weight excluding hydrogens is 186 g/mol. The van der Waals surface area contributed by atoms with Crippen LogP contribution in [0.5, 0.6) is 5.75 Å². The molecule has 2 rings (SSSR count). The summed E-state index contributed by atoms with van der Waals surface area (Å²) < 4.78 is 8.01. The minimum atomic E-state index is 0.113. The van der Waals surface area contributed by atoms with Crippen molar-refractivity contribution in [1.29, 1.82) is 0 Å². The molecule has 1 aliphatic heterocycles. The largest absolute Gasteiger partial charge is 0.435 e. The number of fused-ring (bicyclic) bond motifs is 1. The fourth-order valence-electron chi connectivity index (χ4n) is 1.70. The zero-order valence-corrected chi connectivity index (χ0v) is 9.87. The molecule has 1 aromatic rings. The second kappa shape index (κ2) is 3.37. The van der Waals surface area contributed by atoms with Gasteiger partial charge in [-0.15, -0.1) is 0 Å². The van der Waals surface area contributed by atoms with Crippen LogP contribution in [0, 0.1) is 6.92 Å². The Labute approximate surface area is 91.2 Å². The first-order chi connectivity index (χ1) is 6.98. The van der Waals surface area contributed by atoms with E-state index in [-0.39, 0.29) is 5.54 Å². The maximum absolute atomic E-state index is 5.79. The molecule has 80 valence electrons. The Morgan fingerprint density at radius 1 is 1.27 bits per heavy atom. The van der Waals surface area contributed by atoms with Gasteiger partial charge in [0, 0.05) is 0 Å². The van der Waals surface area contributed by atoms with Crippen LogP contribution in [-0.4, -0.2) is 23.1 Å². The van der Waals surface area contributed by atoms with Crippen molar-refractivity contribution in [2.45, 2.75) is 33.2 Å². The third kappa shape index (κ3) is 1.89. The quantitative estimate of drug-likeness (QED) is 0.592. The van der Waals surface area contributed by atoms with Gasteiger partial charge in [-0.05, 0) is 39.3 Å². The van der Waals surface area contributed by atoms with Crippen molar-refractivity contribution in [3.63, 3.8) is 0 Å². The third-order valence-corrected chi connectivity index (χ3v) is 2.75. The summed E-state index contributed by atoms with van der Waals surface area (Å²) in [6.45, 7) is 9.29. The molecule has 0 aromatic heterocycles. The number of nitrogens with zero attached hydrogens (tertiary/aromatic N) is 1. The molecule has 1 heterocycles. The summed E-state index contributed by atoms with van der Waals surface area (Å²) in [5.41, 5.74) is 2.50. The fourth-order valence-corrected chi connectivity index (χ4v) is 1.70. The first-order valence-corrected chi connectivity index (χ1v) is 5.32. The summed E-state index contributed by atoms with van der Waals surface area (Å²) in [4.78, 5) is 0. The van der Waals surface area contributed by atoms with Gasteiger partial charge in [0.05, 0.1) is 5.56 Å². The standard InChI is InChI=1S/C13H18NO/c1-10-6-5-7-11-8-14(13(2,3)4)9-15-12(10)11/h5-8H,9H2,1-4H3/q+1. The van der Waals surface area contributed by atoms with Crippen molar-refractivity contribution in [2.75, 3.05) is 6.73 Å². The van der Waals surface area contributed by atoms with Crippen LogP contribution >= 0.6 is 0 Å². The number of ether oxygens (including phenoxy) is 1. The molecule has 0 spiro atoms. The molecule has 0 amide bonds. The van der Waals surface area contributed by atoms with E-state index in [0.29, 0.717) is 6.73 Å². The van der Waals surface area contributed by atoms with Crippen LogP contribution in [0.25, 0.3) is 0 Å². The summed E-state index contributed by atoms with van der Waals surface area (Å²) in [5.74, 6) is 1.03. The highest BCUT2D eigenvalue weighted by atomic mass is 16.5. The van der Waals surface area contributed by atoms with E-state index < -0.39 is 0 Å². The van der Waals surface area contributed by atoms with E-state index in [1.54, 1.807) is 0 Å². The van der Waals surface area contributed by atoms with Crippen LogP contribution < -0.4 is 4.74 Å². The molecule has 1 aromatic carbocycles. The molecule has 0 N–H and O–H groups in total. The van der Waals surface area contributed by atoms with Crippen molar-refractivity contribution >= 4 is 6.21 Å². The first-order valence-electron chi connectivity index (χ1n) is 5.32. The number of benzene rings is 1. The Balaban J connectivity index is 2.47. The molecule has 2 heteroatoms. The van der Waals surface area contributed by atoms with Crippen molar-refractivity contribution in [3.8, 4) is 5.75 Å². The van der Waals surface area contributed by atoms with Gasteiger partial charge in [0.2, 0.25) is 0 Å². The van der Waals surface area contributed by atoms with Gasteiger partial charge in [-0.2, -0.15) is 4.58 Å². The molecule has 0 saturated carbocycles. The van der Waals surface area contributed by atoms with Crippen molar-refractivity contribution in [3.05, 3.63) is 29.3 Å². The summed E-state index contributed by atoms with van der Waals surface area (Å²) in [7, 11) is 0. The summed E-state index contributed by atoms with van der Waals surface area (Å²) in [5, 5.41) is 0. The molecule has 0 saturated heterocycles. The average Bonchev–Trinajstić information content (AvgIpc) is 2.16. The summed E-state index contributed by atoms with van der Waals surface area (Å²) >= 11 is 0. The normalized spacial score (nSPS) is 15.3. The lowest BCUT2D eigenvalue weighted by Gasteiger charge is -2.23. The van der Waals surface area contributed by atoms with Crippen LogP contribution in [0.4, 0.5) is 0 Å². The third-order valence-electron chi connectivity index (χ3n) is 2.75. The van der Waals surface area contributed by atoms with Crippen LogP contribution in [0.2, 0.25) is 0 Å². The average molecular weight is 204 g/mol. The molecule has 0 aliphatic carbocycles. The van der Waals surface area contributed by atoms with Gasteiger partial charge in [0.1, 0.15) is 5.75 Å². The van der Waals surface area contributed by atoms with Crippen molar-refractivity contribution in [2.24, 2.45) is 0 Å². The Morgan fingerprint density at radius 2 is 2.00 bits per heavy atom. The topological polar surface area (TPSA) is 12.2 Å². The summed E-state index contributed by atoms with van der Waals surface area (Å²) in [6.07, 6.45) is 2.19. The van der Waals surface area contributed by atoms with Crippen LogP contribution in [0.15, 0.2) is 18.2 Å². The monoisotopic (exact) mass is 204 g/mol. The van der Waals surface area contributed by atoms with E-state index in [9.17, 15) is 0 Å². The Bertz CT molecular complexity index is 413. The summed E-state index contributed by atoms with van der Waals surface area (Å²) in [6, 6.07) is 6.25. The lowest BCUT2D eigenvalue weighted by atomic mass is 10.1. The minimum absolute atomic E-state index is 0.113. The van der Waals surface area contributed by atoms with E-state index >= 15 is 0 Å². The van der Waals surface area contributed by atoms with Crippen LogP contribution in [0.1, 0.15) is 31.9 Å². The molecule has 0 bridgehead atoms. The van der Waals surface area contributed by atoms with E-state index in [4.69, 9.17) is 4.74 Å². The first kappa shape index (κ1) is 10.2. The second-order valence-corrected chi connectivity index (χ2v) is 5.04. The molecule has 0 unspecified atom stereocenters. The SMILES string of the molecule is Cc1cccc2c1OC[N+](C(C)(C)C)=C2. The van der Waals surface area contributed by atoms with Gasteiger partial charge in [-0.25, -0.2) is 0 Å².